The minimum Gasteiger partial charge on any atom is -0.492 e. The van der Waals surface area contributed by atoms with Crippen LogP contribution in [-0.2, 0) is 6.42 Å². The average molecular weight is 189 g/mol. The van der Waals surface area contributed by atoms with Gasteiger partial charge in [0.05, 0.1) is 12.2 Å². The summed E-state index contributed by atoms with van der Waals surface area (Å²) >= 11 is 0. The van der Waals surface area contributed by atoms with Crippen LogP contribution >= 0.6 is 0 Å². The van der Waals surface area contributed by atoms with Crippen molar-refractivity contribution in [1.29, 1.82) is 5.26 Å². The van der Waals surface area contributed by atoms with Gasteiger partial charge in [-0.1, -0.05) is 19.9 Å². The summed E-state index contributed by atoms with van der Waals surface area (Å²) in [6.07, 6.45) is 0.936. The Hall–Kier alpha value is -1.49. The number of fused-ring (bicyclic) bond motifs is 1. The molecule has 2 rings (SSSR count). The molecular weight excluding hydrogens is 174 g/mol. The highest BCUT2D eigenvalue weighted by Crippen LogP contribution is 2.30. The van der Waals surface area contributed by atoms with Gasteiger partial charge in [0.2, 0.25) is 0 Å². The lowest BCUT2D eigenvalue weighted by Gasteiger charge is -2.01. The maximum atomic E-state index is 8.80. The molecular formula is C12H15NO. The second-order valence-electron chi connectivity index (χ2n) is 3.01. The molecule has 1 heterocycles. The summed E-state index contributed by atoms with van der Waals surface area (Å²) in [5.41, 5.74) is 2.98. The molecule has 14 heavy (non-hydrogen) atoms. The molecule has 1 aliphatic rings. The first-order valence-corrected chi connectivity index (χ1v) is 4.97. The van der Waals surface area contributed by atoms with Crippen molar-refractivity contribution in [3.63, 3.8) is 0 Å². The molecule has 2 nitrogen and oxygen atoms in total. The third-order valence-electron chi connectivity index (χ3n) is 2.05. The zero-order valence-electron chi connectivity index (χ0n) is 8.92. The summed E-state index contributed by atoms with van der Waals surface area (Å²) in [6.45, 7) is 6.72. The van der Waals surface area contributed by atoms with Crippen molar-refractivity contribution < 1.29 is 4.74 Å². The largest absolute Gasteiger partial charge is 0.492 e. The Labute approximate surface area is 85.1 Å². The highest BCUT2D eigenvalue weighted by Gasteiger charge is 2.16. The number of nitriles is 1. The molecule has 0 saturated carbocycles. The van der Waals surface area contributed by atoms with E-state index in [9.17, 15) is 0 Å². The minimum absolute atomic E-state index is 0.669. The van der Waals surface area contributed by atoms with Crippen molar-refractivity contribution in [2.75, 3.05) is 6.61 Å². The molecule has 0 saturated heterocycles. The number of nitrogens with zero attached hydrogens (tertiary/aromatic N) is 1. The van der Waals surface area contributed by atoms with Gasteiger partial charge in [0.1, 0.15) is 11.8 Å². The molecule has 0 bridgehead atoms. The van der Waals surface area contributed by atoms with Crippen molar-refractivity contribution in [2.45, 2.75) is 27.2 Å². The van der Waals surface area contributed by atoms with Gasteiger partial charge in [0.15, 0.2) is 0 Å². The summed E-state index contributed by atoms with van der Waals surface area (Å²) < 4.78 is 5.35. The van der Waals surface area contributed by atoms with E-state index in [0.29, 0.717) is 12.2 Å². The van der Waals surface area contributed by atoms with Crippen LogP contribution in [0, 0.1) is 18.3 Å². The number of aryl methyl sites for hydroxylation is 1. The lowest BCUT2D eigenvalue weighted by Crippen LogP contribution is -1.88. The smallest absolute Gasteiger partial charge is 0.140 e. The summed E-state index contributed by atoms with van der Waals surface area (Å²) in [6, 6.07) is 6.09. The molecule has 0 fully saturated rings. The van der Waals surface area contributed by atoms with Gasteiger partial charge in [0, 0.05) is 6.42 Å². The van der Waals surface area contributed by atoms with Gasteiger partial charge >= 0.3 is 0 Å². The first-order chi connectivity index (χ1) is 6.81. The summed E-state index contributed by atoms with van der Waals surface area (Å²) in [5.74, 6) is 0.795. The zero-order valence-corrected chi connectivity index (χ0v) is 8.92. The lowest BCUT2D eigenvalue weighted by atomic mass is 10.1. The molecule has 0 atom stereocenters. The Morgan fingerprint density at radius 3 is 2.71 bits per heavy atom. The van der Waals surface area contributed by atoms with Crippen LogP contribution in [0.2, 0.25) is 0 Å². The van der Waals surface area contributed by atoms with Crippen LogP contribution in [-0.4, -0.2) is 6.61 Å². The van der Waals surface area contributed by atoms with E-state index in [-0.39, 0.29) is 0 Å². The SMILES string of the molecule is CC.Cc1cc(C#N)c2c(c1)CCO2. The predicted octanol–water partition coefficient (Wildman–Crippen LogP) is 2.83. The zero-order chi connectivity index (χ0) is 10.6. The van der Waals surface area contributed by atoms with Crippen LogP contribution in [0.4, 0.5) is 0 Å². The molecule has 74 valence electrons. The highest BCUT2D eigenvalue weighted by molar-refractivity contribution is 5.52. The Bertz CT molecular complexity index is 363. The van der Waals surface area contributed by atoms with E-state index in [4.69, 9.17) is 10.00 Å². The Morgan fingerprint density at radius 1 is 1.36 bits per heavy atom. The first-order valence-electron chi connectivity index (χ1n) is 4.97. The highest BCUT2D eigenvalue weighted by atomic mass is 16.5. The van der Waals surface area contributed by atoms with Crippen LogP contribution in [0.3, 0.4) is 0 Å². The van der Waals surface area contributed by atoms with Crippen LogP contribution < -0.4 is 4.74 Å². The van der Waals surface area contributed by atoms with Gasteiger partial charge < -0.3 is 4.74 Å². The minimum atomic E-state index is 0.669. The fraction of sp³-hybridized carbons (Fsp3) is 0.417. The fourth-order valence-electron chi connectivity index (χ4n) is 1.55. The standard InChI is InChI=1S/C10H9NO.C2H6/c1-7-4-8-2-3-12-10(8)9(5-7)6-11;1-2/h4-5H,2-3H2,1H3;1-2H3. The van der Waals surface area contributed by atoms with Crippen molar-refractivity contribution >= 4 is 0 Å². The quantitative estimate of drug-likeness (QED) is 0.628. The van der Waals surface area contributed by atoms with Crippen LogP contribution in [0.15, 0.2) is 12.1 Å². The van der Waals surface area contributed by atoms with E-state index in [1.807, 2.05) is 26.8 Å². The molecule has 0 aromatic heterocycles. The van der Waals surface area contributed by atoms with Gasteiger partial charge in [0.25, 0.3) is 0 Å². The molecule has 1 aromatic carbocycles. The van der Waals surface area contributed by atoms with Gasteiger partial charge in [-0.15, -0.1) is 0 Å². The number of hydrogen-bond acceptors (Lipinski definition) is 2. The summed E-state index contributed by atoms with van der Waals surface area (Å²) in [4.78, 5) is 0. The van der Waals surface area contributed by atoms with Crippen molar-refractivity contribution in [3.05, 3.63) is 28.8 Å². The van der Waals surface area contributed by atoms with Crippen molar-refractivity contribution in [3.8, 4) is 11.8 Å². The Balaban J connectivity index is 0.000000461. The second kappa shape index (κ2) is 4.66. The number of ether oxygens (including phenoxy) is 1. The first kappa shape index (κ1) is 10.6. The molecule has 2 heteroatoms. The third-order valence-corrected chi connectivity index (χ3v) is 2.05. The van der Waals surface area contributed by atoms with E-state index < -0.39 is 0 Å². The van der Waals surface area contributed by atoms with E-state index in [0.717, 1.165) is 17.7 Å². The van der Waals surface area contributed by atoms with E-state index in [2.05, 4.69) is 12.1 Å². The molecule has 0 radical (unpaired) electrons. The summed E-state index contributed by atoms with van der Waals surface area (Å²) in [5, 5.41) is 8.80. The number of benzene rings is 1. The maximum absolute atomic E-state index is 8.80. The normalized spacial score (nSPS) is 11.9. The molecule has 1 aliphatic heterocycles. The van der Waals surface area contributed by atoms with Crippen molar-refractivity contribution in [2.24, 2.45) is 0 Å². The summed E-state index contributed by atoms with van der Waals surface area (Å²) in [7, 11) is 0. The second-order valence-corrected chi connectivity index (χ2v) is 3.01. The van der Waals surface area contributed by atoms with Crippen molar-refractivity contribution in [1.82, 2.24) is 0 Å². The van der Waals surface area contributed by atoms with Gasteiger partial charge in [-0.3, -0.25) is 0 Å². The van der Waals surface area contributed by atoms with E-state index in [1.54, 1.807) is 0 Å². The Kier molecular flexibility index (Phi) is 3.53. The topological polar surface area (TPSA) is 33.0 Å². The molecule has 0 spiro atoms. The predicted molar refractivity (Wildman–Crippen MR) is 56.4 cm³/mol. The lowest BCUT2D eigenvalue weighted by molar-refractivity contribution is 0.356. The van der Waals surface area contributed by atoms with Crippen LogP contribution in [0.1, 0.15) is 30.5 Å². The number of hydrogen-bond donors (Lipinski definition) is 0. The fourth-order valence-corrected chi connectivity index (χ4v) is 1.55. The van der Waals surface area contributed by atoms with E-state index >= 15 is 0 Å². The van der Waals surface area contributed by atoms with Crippen LogP contribution in [0.25, 0.3) is 0 Å². The van der Waals surface area contributed by atoms with Crippen LogP contribution in [0.5, 0.6) is 5.75 Å². The molecule has 0 amide bonds. The van der Waals surface area contributed by atoms with Gasteiger partial charge in [-0.2, -0.15) is 5.26 Å². The molecule has 0 N–H and O–H groups in total. The molecule has 1 aromatic rings. The average Bonchev–Trinajstić information content (AvgIpc) is 2.67. The number of rotatable bonds is 0. The van der Waals surface area contributed by atoms with E-state index in [1.165, 1.54) is 5.56 Å². The van der Waals surface area contributed by atoms with Gasteiger partial charge in [-0.25, -0.2) is 0 Å². The monoisotopic (exact) mass is 189 g/mol. The molecule has 0 unspecified atom stereocenters. The maximum Gasteiger partial charge on any atom is 0.140 e. The van der Waals surface area contributed by atoms with Gasteiger partial charge in [-0.05, 0) is 24.1 Å². The third kappa shape index (κ3) is 1.88. The molecule has 0 aliphatic carbocycles. The Morgan fingerprint density at radius 2 is 2.07 bits per heavy atom.